The third kappa shape index (κ3) is 3.13. The number of benzene rings is 1. The van der Waals surface area contributed by atoms with E-state index >= 15 is 0 Å². The molecule has 152 valence electrons. The van der Waals surface area contributed by atoms with E-state index in [-0.39, 0.29) is 29.6 Å². The summed E-state index contributed by atoms with van der Waals surface area (Å²) >= 11 is 0. The monoisotopic (exact) mass is 410 g/mol. The highest BCUT2D eigenvalue weighted by Gasteiger charge is 2.30. The third-order valence-electron chi connectivity index (χ3n) is 4.84. The Balaban J connectivity index is 2.00. The first-order chi connectivity index (χ1) is 15.7. The Kier molecular flexibility index (Phi) is 3.98. The molecular formula is C22H20N4O4. The van der Waals surface area contributed by atoms with Gasteiger partial charge in [0.05, 0.1) is 20.8 Å². The summed E-state index contributed by atoms with van der Waals surface area (Å²) in [5.74, 6) is 8.67. The average Bonchev–Trinajstić information content (AvgIpc) is 3.53. The second-order valence-electron chi connectivity index (χ2n) is 6.74. The van der Waals surface area contributed by atoms with Crippen LogP contribution >= 0.6 is 0 Å². The fourth-order valence-electron chi connectivity index (χ4n) is 3.22. The summed E-state index contributed by atoms with van der Waals surface area (Å²) in [7, 11) is 3.00. The lowest BCUT2D eigenvalue weighted by molar-refractivity contribution is 0.355. The topological polar surface area (TPSA) is 80.3 Å². The molecule has 1 fully saturated rings. The number of imidazole rings is 1. The lowest BCUT2D eigenvalue weighted by atomic mass is 10.2. The zero-order valence-electron chi connectivity index (χ0n) is 19.4. The molecule has 0 unspecified atom stereocenters. The highest BCUT2D eigenvalue weighted by molar-refractivity contribution is 5.72. The van der Waals surface area contributed by atoms with Gasteiger partial charge in [0.15, 0.2) is 28.5 Å². The van der Waals surface area contributed by atoms with Crippen LogP contribution in [0.2, 0.25) is 0 Å². The minimum atomic E-state index is -2.77. The van der Waals surface area contributed by atoms with Crippen LogP contribution in [-0.4, -0.2) is 32.9 Å². The van der Waals surface area contributed by atoms with Crippen molar-refractivity contribution in [2.24, 2.45) is 6.98 Å². The first-order valence-electron chi connectivity index (χ1n) is 10.7. The summed E-state index contributed by atoms with van der Waals surface area (Å²) < 4.78 is 37.5. The van der Waals surface area contributed by atoms with Gasteiger partial charge in [-0.15, -0.1) is 6.42 Å². The van der Waals surface area contributed by atoms with Crippen LogP contribution in [0.5, 0.6) is 11.5 Å². The minimum Gasteiger partial charge on any atom is -0.493 e. The Hall–Kier alpha value is -3.91. The Morgan fingerprint density at radius 2 is 2.00 bits per heavy atom. The van der Waals surface area contributed by atoms with Crippen molar-refractivity contribution in [3.8, 4) is 35.7 Å². The van der Waals surface area contributed by atoms with E-state index < -0.39 is 18.2 Å². The molecule has 30 heavy (non-hydrogen) atoms. The van der Waals surface area contributed by atoms with Gasteiger partial charge in [-0.25, -0.2) is 14.3 Å². The SMILES string of the molecule is [3H]C([3H])([3H])n1c(C#Cc2ccc(OC)c(OC)c2)nc2c1c(=O)n(CC#C)c(=O)n2C1CC1. The molecule has 1 aliphatic carbocycles. The molecule has 2 heterocycles. The van der Waals surface area contributed by atoms with Gasteiger partial charge < -0.3 is 14.0 Å². The van der Waals surface area contributed by atoms with E-state index in [9.17, 15) is 9.59 Å². The third-order valence-corrected chi connectivity index (χ3v) is 4.84. The highest BCUT2D eigenvalue weighted by atomic mass is 16.5. The molecule has 2 aromatic heterocycles. The standard InChI is InChI=1S/C22H20N4O4/c1-5-12-25-21(27)19-20(26(22(25)28)15-8-9-15)23-18(24(19)2)11-7-14-6-10-16(29-3)17(13-14)30-4/h1,6,10,13,15H,8-9,12H2,2-4H3/i2T3. The maximum absolute atomic E-state index is 13.1. The molecule has 0 radical (unpaired) electrons. The normalized spacial score (nSPS) is 14.8. The van der Waals surface area contributed by atoms with Gasteiger partial charge in [-0.1, -0.05) is 11.8 Å². The lowest BCUT2D eigenvalue weighted by Gasteiger charge is -2.08. The number of hydrogen-bond acceptors (Lipinski definition) is 5. The van der Waals surface area contributed by atoms with E-state index in [0.29, 0.717) is 17.1 Å². The quantitative estimate of drug-likeness (QED) is 0.606. The Labute approximate surface area is 176 Å². The van der Waals surface area contributed by atoms with E-state index in [0.717, 1.165) is 22.0 Å². The van der Waals surface area contributed by atoms with Crippen molar-refractivity contribution in [1.29, 1.82) is 0 Å². The number of fused-ring (bicyclic) bond motifs is 1. The van der Waals surface area contributed by atoms with Crippen molar-refractivity contribution in [2.45, 2.75) is 25.4 Å². The van der Waals surface area contributed by atoms with Gasteiger partial charge in [0.2, 0.25) is 0 Å². The lowest BCUT2D eigenvalue weighted by Crippen LogP contribution is -2.40. The fourth-order valence-corrected chi connectivity index (χ4v) is 3.22. The molecule has 1 saturated carbocycles. The molecule has 0 amide bonds. The van der Waals surface area contributed by atoms with E-state index in [1.165, 1.54) is 18.8 Å². The summed E-state index contributed by atoms with van der Waals surface area (Å²) in [6.07, 6.45) is 6.77. The van der Waals surface area contributed by atoms with Gasteiger partial charge in [-0.05, 0) is 37.0 Å². The zero-order valence-corrected chi connectivity index (χ0v) is 16.4. The molecule has 8 nitrogen and oxygen atoms in total. The predicted molar refractivity (Wildman–Crippen MR) is 112 cm³/mol. The first-order valence-corrected chi connectivity index (χ1v) is 9.17. The number of ether oxygens (including phenoxy) is 2. The molecule has 0 atom stereocenters. The van der Waals surface area contributed by atoms with E-state index in [2.05, 4.69) is 22.7 Å². The van der Waals surface area contributed by atoms with Crippen LogP contribution in [0.3, 0.4) is 0 Å². The zero-order chi connectivity index (χ0) is 23.9. The number of aromatic nitrogens is 4. The molecule has 0 saturated heterocycles. The van der Waals surface area contributed by atoms with Crippen LogP contribution < -0.4 is 20.7 Å². The molecular weight excluding hydrogens is 384 g/mol. The van der Waals surface area contributed by atoms with Crippen molar-refractivity contribution >= 4 is 11.2 Å². The van der Waals surface area contributed by atoms with Gasteiger partial charge in [-0.2, -0.15) is 0 Å². The molecule has 0 bridgehead atoms. The van der Waals surface area contributed by atoms with Crippen LogP contribution in [0.1, 0.15) is 34.4 Å². The Morgan fingerprint density at radius 1 is 1.23 bits per heavy atom. The van der Waals surface area contributed by atoms with Gasteiger partial charge in [0.25, 0.3) is 5.56 Å². The van der Waals surface area contributed by atoms with Crippen LogP contribution in [0.4, 0.5) is 0 Å². The van der Waals surface area contributed by atoms with Gasteiger partial charge in [0, 0.05) is 22.7 Å². The average molecular weight is 410 g/mol. The van der Waals surface area contributed by atoms with E-state index in [1.54, 1.807) is 18.2 Å². The predicted octanol–water partition coefficient (Wildman–Crippen LogP) is 1.28. The maximum atomic E-state index is 13.1. The van der Waals surface area contributed by atoms with Crippen LogP contribution in [0.25, 0.3) is 11.2 Å². The van der Waals surface area contributed by atoms with Gasteiger partial charge >= 0.3 is 5.69 Å². The summed E-state index contributed by atoms with van der Waals surface area (Å²) in [5.41, 5.74) is -1.14. The number of terminal acetylenes is 1. The molecule has 1 aliphatic rings. The minimum absolute atomic E-state index is 0.00601. The molecule has 8 heteroatoms. The molecule has 0 spiro atoms. The summed E-state index contributed by atoms with van der Waals surface area (Å²) in [6, 6.07) is 4.81. The van der Waals surface area contributed by atoms with Crippen molar-refractivity contribution in [3.63, 3.8) is 0 Å². The summed E-state index contributed by atoms with van der Waals surface area (Å²) in [5, 5.41) is 0. The number of rotatable bonds is 4. The number of hydrogen-bond donors (Lipinski definition) is 0. The van der Waals surface area contributed by atoms with E-state index in [1.807, 2.05) is 0 Å². The Bertz CT molecular complexity index is 1470. The van der Waals surface area contributed by atoms with Crippen LogP contribution in [0.15, 0.2) is 27.8 Å². The van der Waals surface area contributed by atoms with Crippen molar-refractivity contribution in [1.82, 2.24) is 18.7 Å². The highest BCUT2D eigenvalue weighted by Crippen LogP contribution is 2.35. The van der Waals surface area contributed by atoms with Gasteiger partial charge in [0.1, 0.15) is 0 Å². The second kappa shape index (κ2) is 7.49. The molecule has 4 rings (SSSR count). The number of nitrogens with zero attached hydrogens (tertiary/aromatic N) is 4. The molecule has 0 aliphatic heterocycles. The van der Waals surface area contributed by atoms with Crippen molar-refractivity contribution in [2.75, 3.05) is 14.2 Å². The number of methoxy groups -OCH3 is 2. The Morgan fingerprint density at radius 3 is 2.63 bits per heavy atom. The summed E-state index contributed by atoms with van der Waals surface area (Å²) in [4.78, 5) is 30.4. The fraction of sp³-hybridized carbons (Fsp3) is 0.318. The van der Waals surface area contributed by atoms with Crippen molar-refractivity contribution in [3.05, 3.63) is 50.4 Å². The van der Waals surface area contributed by atoms with Crippen LogP contribution in [0, 0.1) is 24.2 Å². The smallest absolute Gasteiger partial charge is 0.333 e. The summed E-state index contributed by atoms with van der Waals surface area (Å²) in [6.45, 7) is -3.05. The molecule has 1 aromatic carbocycles. The molecule has 3 aromatic rings. The largest absolute Gasteiger partial charge is 0.493 e. The first kappa shape index (κ1) is 15.9. The number of aryl methyl sites for hydroxylation is 1. The molecule has 0 N–H and O–H groups in total. The van der Waals surface area contributed by atoms with Crippen molar-refractivity contribution < 1.29 is 13.6 Å². The van der Waals surface area contributed by atoms with Gasteiger partial charge in [-0.3, -0.25) is 9.36 Å². The van der Waals surface area contributed by atoms with E-state index in [4.69, 9.17) is 20.0 Å². The second-order valence-corrected chi connectivity index (χ2v) is 6.74. The maximum Gasteiger partial charge on any atom is 0.333 e. The van der Waals surface area contributed by atoms with Crippen LogP contribution in [-0.2, 0) is 13.5 Å².